The highest BCUT2D eigenvalue weighted by Gasteiger charge is 2.12. The minimum Gasteiger partial charge on any atom is -0.387 e. The molecule has 100 valence electrons. The molecule has 0 saturated carbocycles. The van der Waals surface area contributed by atoms with Crippen LogP contribution >= 0.6 is 0 Å². The predicted molar refractivity (Wildman–Crippen MR) is 73.8 cm³/mol. The fraction of sp³-hybridized carbons (Fsp3) is 0.643. The quantitative estimate of drug-likeness (QED) is 0.861. The van der Waals surface area contributed by atoms with Gasteiger partial charge in [-0.15, -0.1) is 0 Å². The summed E-state index contributed by atoms with van der Waals surface area (Å²) in [6, 6.07) is 3.92. The van der Waals surface area contributed by atoms with Gasteiger partial charge in [-0.25, -0.2) is 0 Å². The summed E-state index contributed by atoms with van der Waals surface area (Å²) in [4.78, 5) is 9.00. The van der Waals surface area contributed by atoms with Gasteiger partial charge in [-0.1, -0.05) is 0 Å². The van der Waals surface area contributed by atoms with Crippen molar-refractivity contribution in [3.8, 4) is 0 Å². The monoisotopic (exact) mass is 249 g/mol. The third kappa shape index (κ3) is 3.43. The van der Waals surface area contributed by atoms with E-state index < -0.39 is 6.10 Å². The van der Waals surface area contributed by atoms with Crippen molar-refractivity contribution in [2.75, 3.05) is 38.1 Å². The molecule has 2 rings (SSSR count). The first-order valence-corrected chi connectivity index (χ1v) is 6.74. The van der Waals surface area contributed by atoms with Gasteiger partial charge < -0.3 is 14.9 Å². The van der Waals surface area contributed by atoms with E-state index in [4.69, 9.17) is 0 Å². The van der Waals surface area contributed by atoms with Crippen LogP contribution in [0.3, 0.4) is 0 Å². The number of aliphatic hydroxyl groups excluding tert-OH is 1. The topological polar surface area (TPSA) is 39.6 Å². The lowest BCUT2D eigenvalue weighted by molar-refractivity contribution is 0.194. The molecule has 0 spiro atoms. The molecule has 0 radical (unpaired) electrons. The first-order valence-electron chi connectivity index (χ1n) is 6.74. The molecule has 0 unspecified atom stereocenters. The van der Waals surface area contributed by atoms with E-state index in [1.165, 1.54) is 25.9 Å². The molecule has 1 saturated heterocycles. The van der Waals surface area contributed by atoms with Crippen molar-refractivity contribution in [2.45, 2.75) is 25.9 Å². The van der Waals surface area contributed by atoms with Gasteiger partial charge in [0, 0.05) is 20.1 Å². The van der Waals surface area contributed by atoms with Crippen LogP contribution in [0.5, 0.6) is 0 Å². The van der Waals surface area contributed by atoms with E-state index in [1.807, 2.05) is 18.3 Å². The summed E-state index contributed by atoms with van der Waals surface area (Å²) in [6.45, 7) is 6.36. The minimum atomic E-state index is -0.492. The Hall–Kier alpha value is -1.13. The van der Waals surface area contributed by atoms with Gasteiger partial charge in [0.25, 0.3) is 0 Å². The second-order valence-corrected chi connectivity index (χ2v) is 5.09. The normalized spacial score (nSPS) is 17.9. The predicted octanol–water partition coefficient (Wildman–Crippen LogP) is 1.67. The summed E-state index contributed by atoms with van der Waals surface area (Å²) in [7, 11) is 2.09. The molecule has 0 aliphatic carbocycles. The number of aliphatic hydroxyl groups is 1. The van der Waals surface area contributed by atoms with Crippen LogP contribution < -0.4 is 4.90 Å². The number of anilines is 1. The molecule has 1 aromatic heterocycles. The Balaban J connectivity index is 1.85. The molecule has 1 atom stereocenters. The number of aromatic nitrogens is 1. The van der Waals surface area contributed by atoms with Gasteiger partial charge in [-0.3, -0.25) is 4.98 Å². The van der Waals surface area contributed by atoms with Gasteiger partial charge in [0.05, 0.1) is 23.7 Å². The summed E-state index contributed by atoms with van der Waals surface area (Å²) >= 11 is 0. The molecule has 1 aliphatic heterocycles. The van der Waals surface area contributed by atoms with Gasteiger partial charge in [-0.05, 0) is 45.0 Å². The molecule has 18 heavy (non-hydrogen) atoms. The van der Waals surface area contributed by atoms with Crippen molar-refractivity contribution >= 4 is 5.69 Å². The van der Waals surface area contributed by atoms with Crippen molar-refractivity contribution in [1.29, 1.82) is 0 Å². The highest BCUT2D eigenvalue weighted by Crippen LogP contribution is 2.15. The van der Waals surface area contributed by atoms with Crippen LogP contribution in [0.25, 0.3) is 0 Å². The molecule has 1 N–H and O–H groups in total. The van der Waals surface area contributed by atoms with Gasteiger partial charge in [0.2, 0.25) is 0 Å². The molecule has 4 heteroatoms. The third-order valence-corrected chi connectivity index (χ3v) is 3.59. The number of pyridine rings is 1. The van der Waals surface area contributed by atoms with E-state index >= 15 is 0 Å². The minimum absolute atomic E-state index is 0.492. The molecule has 1 aliphatic rings. The Morgan fingerprint density at radius 3 is 2.67 bits per heavy atom. The Morgan fingerprint density at radius 2 is 2.11 bits per heavy atom. The number of hydrogen-bond donors (Lipinski definition) is 1. The number of nitrogens with zero attached hydrogens (tertiary/aromatic N) is 3. The number of likely N-dealkylation sites (tertiary alicyclic amines) is 1. The summed E-state index contributed by atoms with van der Waals surface area (Å²) in [6.07, 6.45) is 4.03. The highest BCUT2D eigenvalue weighted by molar-refractivity contribution is 5.43. The zero-order chi connectivity index (χ0) is 13.0. The van der Waals surface area contributed by atoms with E-state index in [2.05, 4.69) is 21.8 Å². The van der Waals surface area contributed by atoms with Gasteiger partial charge in [0.1, 0.15) is 0 Å². The molecule has 0 aromatic carbocycles. The van der Waals surface area contributed by atoms with Gasteiger partial charge >= 0.3 is 0 Å². The van der Waals surface area contributed by atoms with E-state index in [-0.39, 0.29) is 0 Å². The third-order valence-electron chi connectivity index (χ3n) is 3.59. The second kappa shape index (κ2) is 6.16. The van der Waals surface area contributed by atoms with Crippen LogP contribution in [0.2, 0.25) is 0 Å². The molecule has 4 nitrogen and oxygen atoms in total. The number of rotatable bonds is 5. The van der Waals surface area contributed by atoms with Crippen LogP contribution in [0, 0.1) is 0 Å². The zero-order valence-corrected chi connectivity index (χ0v) is 11.3. The highest BCUT2D eigenvalue weighted by atomic mass is 16.3. The molecule has 1 fully saturated rings. The van der Waals surface area contributed by atoms with Gasteiger partial charge in [0.15, 0.2) is 0 Å². The average Bonchev–Trinajstić information content (AvgIpc) is 2.89. The maximum absolute atomic E-state index is 9.42. The standard InChI is InChI=1S/C14H23N3O/c1-12(18)14-6-5-13(11-15-14)16(2)9-10-17-7-3-4-8-17/h5-6,11-12,18H,3-4,7-10H2,1-2H3/t12-/m1/s1. The lowest BCUT2D eigenvalue weighted by atomic mass is 10.2. The summed E-state index contributed by atoms with van der Waals surface area (Å²) < 4.78 is 0. The van der Waals surface area contributed by atoms with Crippen LogP contribution in [0.15, 0.2) is 18.3 Å². The molecular formula is C14H23N3O. The van der Waals surface area contributed by atoms with Crippen molar-refractivity contribution < 1.29 is 5.11 Å². The molecule has 1 aromatic rings. The fourth-order valence-electron chi connectivity index (χ4n) is 2.30. The van der Waals surface area contributed by atoms with Crippen LogP contribution in [0.4, 0.5) is 5.69 Å². The Labute approximate surface area is 109 Å². The first kappa shape index (κ1) is 13.3. The largest absolute Gasteiger partial charge is 0.387 e. The van der Waals surface area contributed by atoms with Crippen LogP contribution in [-0.4, -0.2) is 48.2 Å². The van der Waals surface area contributed by atoms with Crippen molar-refractivity contribution in [3.05, 3.63) is 24.0 Å². The number of hydrogen-bond acceptors (Lipinski definition) is 4. The first-order chi connectivity index (χ1) is 8.66. The lowest BCUT2D eigenvalue weighted by Gasteiger charge is -2.23. The van der Waals surface area contributed by atoms with E-state index in [0.29, 0.717) is 0 Å². The van der Waals surface area contributed by atoms with Gasteiger partial charge in [-0.2, -0.15) is 0 Å². The van der Waals surface area contributed by atoms with E-state index in [0.717, 1.165) is 24.5 Å². The molecule has 0 bridgehead atoms. The summed E-state index contributed by atoms with van der Waals surface area (Å²) in [5, 5.41) is 9.42. The Kier molecular flexibility index (Phi) is 4.55. The zero-order valence-electron chi connectivity index (χ0n) is 11.3. The van der Waals surface area contributed by atoms with Crippen molar-refractivity contribution in [2.24, 2.45) is 0 Å². The summed E-state index contributed by atoms with van der Waals surface area (Å²) in [5.74, 6) is 0. The smallest absolute Gasteiger partial charge is 0.0931 e. The van der Waals surface area contributed by atoms with E-state index in [9.17, 15) is 5.11 Å². The second-order valence-electron chi connectivity index (χ2n) is 5.09. The summed E-state index contributed by atoms with van der Waals surface area (Å²) in [5.41, 5.74) is 1.84. The van der Waals surface area contributed by atoms with Crippen LogP contribution in [-0.2, 0) is 0 Å². The van der Waals surface area contributed by atoms with E-state index in [1.54, 1.807) is 6.92 Å². The lowest BCUT2D eigenvalue weighted by Crippen LogP contribution is -2.31. The maximum Gasteiger partial charge on any atom is 0.0931 e. The van der Waals surface area contributed by atoms with Crippen LogP contribution in [0.1, 0.15) is 31.6 Å². The SMILES string of the molecule is C[C@@H](O)c1ccc(N(C)CCN2CCCC2)cn1. The molecular weight excluding hydrogens is 226 g/mol. The van der Waals surface area contributed by atoms with Crippen molar-refractivity contribution in [1.82, 2.24) is 9.88 Å². The fourth-order valence-corrected chi connectivity index (χ4v) is 2.30. The average molecular weight is 249 g/mol. The molecule has 2 heterocycles. The van der Waals surface area contributed by atoms with Crippen molar-refractivity contribution in [3.63, 3.8) is 0 Å². The number of likely N-dealkylation sites (N-methyl/N-ethyl adjacent to an activating group) is 1. The maximum atomic E-state index is 9.42. The molecule has 0 amide bonds. The Morgan fingerprint density at radius 1 is 1.39 bits per heavy atom. The Bertz CT molecular complexity index is 358.